The van der Waals surface area contributed by atoms with Crippen molar-refractivity contribution in [1.29, 1.82) is 5.26 Å². The number of Topliss-reactive ketones (excluding diaryl/α,β-unsaturated/α-hetero) is 1. The first-order valence-electron chi connectivity index (χ1n) is 9.40. The summed E-state index contributed by atoms with van der Waals surface area (Å²) in [7, 11) is 0. The van der Waals surface area contributed by atoms with Gasteiger partial charge in [-0.05, 0) is 43.0 Å². The number of amides is 1. The number of benzene rings is 1. The number of alkyl halides is 1. The summed E-state index contributed by atoms with van der Waals surface area (Å²) in [6, 6.07) is 9.37. The van der Waals surface area contributed by atoms with Crippen LogP contribution in [0.5, 0.6) is 0 Å². The lowest BCUT2D eigenvalue weighted by molar-refractivity contribution is -0.130. The summed E-state index contributed by atoms with van der Waals surface area (Å²) in [5.41, 5.74) is 1.83. The van der Waals surface area contributed by atoms with E-state index in [1.165, 1.54) is 4.90 Å². The molecule has 5 atom stereocenters. The first-order chi connectivity index (χ1) is 13.0. The minimum Gasteiger partial charge on any atom is -0.371 e. The summed E-state index contributed by atoms with van der Waals surface area (Å²) >= 11 is 0. The number of likely N-dealkylation sites (tertiary alicyclic amines) is 1. The average molecular weight is 370 g/mol. The molecule has 2 aliphatic heterocycles. The molecule has 6 nitrogen and oxygen atoms in total. The van der Waals surface area contributed by atoms with Crippen molar-refractivity contribution in [3.63, 3.8) is 0 Å². The Hall–Kier alpha value is -2.46. The molecule has 2 heterocycles. The number of rotatable bonds is 5. The van der Waals surface area contributed by atoms with E-state index >= 15 is 0 Å². The molecule has 1 amide bonds. The number of anilines is 1. The number of piperidine rings is 1. The molecular weight excluding hydrogens is 347 g/mol. The predicted molar refractivity (Wildman–Crippen MR) is 98.1 cm³/mol. The van der Waals surface area contributed by atoms with Crippen molar-refractivity contribution in [2.24, 2.45) is 11.8 Å². The van der Waals surface area contributed by atoms with Gasteiger partial charge in [0.25, 0.3) is 0 Å². The summed E-state index contributed by atoms with van der Waals surface area (Å²) in [5.74, 6) is 0.882. The predicted octanol–water partition coefficient (Wildman–Crippen LogP) is 1.38. The van der Waals surface area contributed by atoms with Crippen LogP contribution in [0.3, 0.4) is 0 Å². The minimum absolute atomic E-state index is 0.0281. The molecule has 1 N–H and O–H groups in total. The molecule has 1 aromatic rings. The Morgan fingerprint density at radius 3 is 2.48 bits per heavy atom. The maximum Gasteiger partial charge on any atom is 0.237 e. The second kappa shape index (κ2) is 6.93. The number of hydrogen-bond acceptors (Lipinski definition) is 5. The van der Waals surface area contributed by atoms with Crippen molar-refractivity contribution in [3.8, 4) is 6.07 Å². The fourth-order valence-corrected chi connectivity index (χ4v) is 4.44. The van der Waals surface area contributed by atoms with Crippen LogP contribution >= 0.6 is 0 Å². The highest BCUT2D eigenvalue weighted by atomic mass is 19.1. The zero-order valence-corrected chi connectivity index (χ0v) is 15.3. The maximum atomic E-state index is 13.5. The SMILES string of the molecule is CC(=O)c1ccc(N2C[C@@H]3C(NCC(=O)N4C[C@@H](F)C[C@H]4C#N)[C@@H]3C2)cc1. The van der Waals surface area contributed by atoms with Crippen LogP contribution in [0.25, 0.3) is 0 Å². The van der Waals surface area contributed by atoms with Crippen molar-refractivity contribution in [2.45, 2.75) is 31.6 Å². The third kappa shape index (κ3) is 3.42. The summed E-state index contributed by atoms with van der Waals surface area (Å²) < 4.78 is 13.5. The smallest absolute Gasteiger partial charge is 0.237 e. The number of nitriles is 1. The van der Waals surface area contributed by atoms with Crippen LogP contribution in [0.1, 0.15) is 23.7 Å². The van der Waals surface area contributed by atoms with Gasteiger partial charge >= 0.3 is 0 Å². The number of ketones is 1. The van der Waals surface area contributed by atoms with Crippen LogP contribution in [0.15, 0.2) is 24.3 Å². The number of nitrogens with one attached hydrogen (secondary N) is 1. The van der Waals surface area contributed by atoms with E-state index in [-0.39, 0.29) is 31.2 Å². The number of carbonyl (C=O) groups excluding carboxylic acids is 2. The molecule has 7 heteroatoms. The van der Waals surface area contributed by atoms with Gasteiger partial charge in [0.2, 0.25) is 5.91 Å². The topological polar surface area (TPSA) is 76.4 Å². The van der Waals surface area contributed by atoms with Crippen LogP contribution in [0, 0.1) is 23.2 Å². The summed E-state index contributed by atoms with van der Waals surface area (Å²) in [6.07, 6.45) is -0.976. The Morgan fingerprint density at radius 2 is 1.89 bits per heavy atom. The molecule has 3 aliphatic rings. The van der Waals surface area contributed by atoms with E-state index in [2.05, 4.69) is 10.2 Å². The third-order valence-corrected chi connectivity index (χ3v) is 6.04. The molecule has 0 radical (unpaired) electrons. The molecule has 0 bridgehead atoms. The van der Waals surface area contributed by atoms with Crippen LogP contribution in [0.4, 0.5) is 10.1 Å². The third-order valence-electron chi connectivity index (χ3n) is 6.04. The lowest BCUT2D eigenvalue weighted by Gasteiger charge is -2.23. The van der Waals surface area contributed by atoms with Crippen molar-refractivity contribution < 1.29 is 14.0 Å². The number of nitrogens with zero attached hydrogens (tertiary/aromatic N) is 3. The number of carbonyl (C=O) groups is 2. The van der Waals surface area contributed by atoms with Crippen LogP contribution < -0.4 is 10.2 Å². The summed E-state index contributed by atoms with van der Waals surface area (Å²) in [5, 5.41) is 12.4. The van der Waals surface area contributed by atoms with E-state index in [4.69, 9.17) is 5.26 Å². The average Bonchev–Trinajstić information content (AvgIpc) is 3.00. The van der Waals surface area contributed by atoms with E-state index in [1.807, 2.05) is 30.3 Å². The van der Waals surface area contributed by atoms with E-state index < -0.39 is 12.2 Å². The fourth-order valence-electron chi connectivity index (χ4n) is 4.44. The maximum absolute atomic E-state index is 13.5. The summed E-state index contributed by atoms with van der Waals surface area (Å²) in [6.45, 7) is 3.60. The fraction of sp³-hybridized carbons (Fsp3) is 0.550. The molecule has 0 aromatic heterocycles. The van der Waals surface area contributed by atoms with Gasteiger partial charge in [0.05, 0.1) is 19.2 Å². The molecule has 2 saturated heterocycles. The van der Waals surface area contributed by atoms with Crippen LogP contribution in [-0.2, 0) is 4.79 Å². The van der Waals surface area contributed by atoms with Crippen LogP contribution in [-0.4, -0.2) is 61.0 Å². The first kappa shape index (κ1) is 17.9. The zero-order chi connectivity index (χ0) is 19.1. The Labute approximate surface area is 157 Å². The molecule has 1 aromatic carbocycles. The number of hydrogen-bond donors (Lipinski definition) is 1. The number of fused-ring (bicyclic) bond motifs is 1. The highest BCUT2D eigenvalue weighted by molar-refractivity contribution is 5.94. The lowest BCUT2D eigenvalue weighted by Crippen LogP contribution is -2.42. The van der Waals surface area contributed by atoms with E-state index in [9.17, 15) is 14.0 Å². The molecule has 1 saturated carbocycles. The molecule has 1 unspecified atom stereocenters. The molecule has 0 spiro atoms. The quantitative estimate of drug-likeness (QED) is 0.793. The standard InChI is InChI=1S/C20H23FN4O2/c1-12(26)13-2-4-15(5-3-13)24-10-17-18(11-24)20(17)23-8-19(27)25-9-14(21)6-16(25)7-22/h2-5,14,16-18,20,23H,6,8-11H2,1H3/t14-,16-,17-,18+,20?/m0/s1. The lowest BCUT2D eigenvalue weighted by atomic mass is 10.1. The molecule has 1 aliphatic carbocycles. The van der Waals surface area contributed by atoms with Crippen molar-refractivity contribution in [1.82, 2.24) is 10.2 Å². The van der Waals surface area contributed by atoms with Crippen molar-refractivity contribution >= 4 is 17.4 Å². The zero-order valence-electron chi connectivity index (χ0n) is 15.3. The molecule has 4 rings (SSSR count). The second-order valence-corrected chi connectivity index (χ2v) is 7.77. The minimum atomic E-state index is -1.10. The van der Waals surface area contributed by atoms with Gasteiger partial charge in [0, 0.05) is 36.8 Å². The molecule has 27 heavy (non-hydrogen) atoms. The van der Waals surface area contributed by atoms with Gasteiger partial charge in [-0.25, -0.2) is 4.39 Å². The Bertz CT molecular complexity index is 778. The van der Waals surface area contributed by atoms with Gasteiger partial charge in [-0.15, -0.1) is 0 Å². The van der Waals surface area contributed by atoms with Crippen molar-refractivity contribution in [2.75, 3.05) is 31.1 Å². The van der Waals surface area contributed by atoms with E-state index in [1.54, 1.807) is 6.92 Å². The highest BCUT2D eigenvalue weighted by Gasteiger charge is 2.55. The second-order valence-electron chi connectivity index (χ2n) is 7.77. The number of halogens is 1. The summed E-state index contributed by atoms with van der Waals surface area (Å²) in [4.78, 5) is 27.3. The van der Waals surface area contributed by atoms with Gasteiger partial charge in [-0.1, -0.05) is 0 Å². The highest BCUT2D eigenvalue weighted by Crippen LogP contribution is 2.46. The molecular formula is C20H23FN4O2. The van der Waals surface area contributed by atoms with E-state index in [0.29, 0.717) is 23.4 Å². The van der Waals surface area contributed by atoms with E-state index in [0.717, 1.165) is 18.8 Å². The normalized spacial score (nSPS) is 31.5. The first-order valence-corrected chi connectivity index (χ1v) is 9.40. The largest absolute Gasteiger partial charge is 0.371 e. The Morgan fingerprint density at radius 1 is 1.22 bits per heavy atom. The van der Waals surface area contributed by atoms with Gasteiger partial charge < -0.3 is 15.1 Å². The van der Waals surface area contributed by atoms with Gasteiger partial charge in [-0.2, -0.15) is 5.26 Å². The van der Waals surface area contributed by atoms with Gasteiger partial charge in [0.1, 0.15) is 12.2 Å². The van der Waals surface area contributed by atoms with Crippen LogP contribution in [0.2, 0.25) is 0 Å². The molecule has 3 fully saturated rings. The van der Waals surface area contributed by atoms with Gasteiger partial charge in [0.15, 0.2) is 5.78 Å². The Kier molecular flexibility index (Phi) is 4.60. The monoisotopic (exact) mass is 370 g/mol. The molecule has 142 valence electrons. The van der Waals surface area contributed by atoms with Crippen molar-refractivity contribution in [3.05, 3.63) is 29.8 Å². The van der Waals surface area contributed by atoms with Gasteiger partial charge in [-0.3, -0.25) is 9.59 Å². The Balaban J connectivity index is 1.25.